The number of amides is 1. The fourth-order valence-corrected chi connectivity index (χ4v) is 3.64. The summed E-state index contributed by atoms with van der Waals surface area (Å²) in [4.78, 5) is 21.3. The van der Waals surface area contributed by atoms with Gasteiger partial charge in [0.05, 0.1) is 0 Å². The Labute approximate surface area is 116 Å². The average Bonchev–Trinajstić information content (AvgIpc) is 3.07. The molecule has 2 aliphatic heterocycles. The van der Waals surface area contributed by atoms with Gasteiger partial charge in [0.15, 0.2) is 5.13 Å². The van der Waals surface area contributed by atoms with Crippen molar-refractivity contribution in [3.63, 3.8) is 0 Å². The van der Waals surface area contributed by atoms with Gasteiger partial charge in [0, 0.05) is 32.2 Å². The SMILES string of the molecule is Nc1nc(N2CCCC2)sc1C(=O)N1CCC(N)C1. The van der Waals surface area contributed by atoms with Gasteiger partial charge in [0.2, 0.25) is 0 Å². The maximum absolute atomic E-state index is 12.4. The van der Waals surface area contributed by atoms with Gasteiger partial charge in [-0.05, 0) is 19.3 Å². The van der Waals surface area contributed by atoms with E-state index in [1.807, 2.05) is 0 Å². The van der Waals surface area contributed by atoms with Crippen LogP contribution in [0.25, 0.3) is 0 Å². The first-order valence-electron chi connectivity index (χ1n) is 6.71. The molecule has 0 saturated carbocycles. The van der Waals surface area contributed by atoms with E-state index < -0.39 is 0 Å². The van der Waals surface area contributed by atoms with Gasteiger partial charge < -0.3 is 21.3 Å². The van der Waals surface area contributed by atoms with Crippen molar-refractivity contribution in [1.82, 2.24) is 9.88 Å². The summed E-state index contributed by atoms with van der Waals surface area (Å²) in [6.07, 6.45) is 3.23. The van der Waals surface area contributed by atoms with Crippen LogP contribution in [0.1, 0.15) is 28.9 Å². The second kappa shape index (κ2) is 4.97. The Kier molecular flexibility index (Phi) is 3.32. The van der Waals surface area contributed by atoms with Gasteiger partial charge in [-0.2, -0.15) is 0 Å². The molecular weight excluding hydrogens is 262 g/mol. The maximum atomic E-state index is 12.4. The monoisotopic (exact) mass is 281 g/mol. The molecule has 1 amide bonds. The highest BCUT2D eigenvalue weighted by molar-refractivity contribution is 7.18. The number of nitrogens with zero attached hydrogens (tertiary/aromatic N) is 3. The number of hydrogen-bond acceptors (Lipinski definition) is 6. The summed E-state index contributed by atoms with van der Waals surface area (Å²) in [7, 11) is 0. The molecule has 2 saturated heterocycles. The quantitative estimate of drug-likeness (QED) is 0.824. The Morgan fingerprint density at radius 3 is 2.68 bits per heavy atom. The standard InChI is InChI=1S/C12H19N5OS/c13-8-3-6-17(7-8)11(18)9-10(14)15-12(19-9)16-4-1-2-5-16/h8H,1-7,13-14H2. The lowest BCUT2D eigenvalue weighted by Gasteiger charge is -2.14. The third-order valence-electron chi connectivity index (χ3n) is 3.72. The highest BCUT2D eigenvalue weighted by Gasteiger charge is 2.29. The van der Waals surface area contributed by atoms with Crippen LogP contribution in [0.2, 0.25) is 0 Å². The summed E-state index contributed by atoms with van der Waals surface area (Å²) >= 11 is 1.41. The molecule has 7 heteroatoms. The van der Waals surface area contributed by atoms with Gasteiger partial charge in [-0.15, -0.1) is 0 Å². The molecular formula is C12H19N5OS. The van der Waals surface area contributed by atoms with Crippen LogP contribution in [0.3, 0.4) is 0 Å². The van der Waals surface area contributed by atoms with E-state index in [0.717, 1.165) is 31.2 Å². The largest absolute Gasteiger partial charge is 0.382 e. The number of carbonyl (C=O) groups excluding carboxylic acids is 1. The Bertz CT molecular complexity index is 482. The molecule has 1 unspecified atom stereocenters. The molecule has 6 nitrogen and oxygen atoms in total. The van der Waals surface area contributed by atoms with E-state index >= 15 is 0 Å². The molecule has 0 bridgehead atoms. The molecule has 0 radical (unpaired) electrons. The molecule has 2 fully saturated rings. The van der Waals surface area contributed by atoms with Crippen LogP contribution in [0, 0.1) is 0 Å². The normalized spacial score (nSPS) is 23.3. The smallest absolute Gasteiger partial charge is 0.267 e. The van der Waals surface area contributed by atoms with Crippen molar-refractivity contribution in [3.05, 3.63) is 4.88 Å². The number of rotatable bonds is 2. The zero-order chi connectivity index (χ0) is 13.4. The fraction of sp³-hybridized carbons (Fsp3) is 0.667. The van der Waals surface area contributed by atoms with Crippen LogP contribution < -0.4 is 16.4 Å². The van der Waals surface area contributed by atoms with Gasteiger partial charge >= 0.3 is 0 Å². The summed E-state index contributed by atoms with van der Waals surface area (Å²) in [5.41, 5.74) is 11.7. The second-order valence-electron chi connectivity index (χ2n) is 5.20. The third-order valence-corrected chi connectivity index (χ3v) is 4.84. The minimum Gasteiger partial charge on any atom is -0.382 e. The van der Waals surface area contributed by atoms with Crippen molar-refractivity contribution in [2.75, 3.05) is 36.8 Å². The Morgan fingerprint density at radius 2 is 2.05 bits per heavy atom. The second-order valence-corrected chi connectivity index (χ2v) is 6.18. The zero-order valence-electron chi connectivity index (χ0n) is 10.8. The van der Waals surface area contributed by atoms with Crippen LogP contribution in [-0.4, -0.2) is 48.0 Å². The summed E-state index contributed by atoms with van der Waals surface area (Å²) in [5, 5.41) is 0.877. The van der Waals surface area contributed by atoms with E-state index in [4.69, 9.17) is 11.5 Å². The van der Waals surface area contributed by atoms with E-state index in [0.29, 0.717) is 17.2 Å². The molecule has 0 aliphatic carbocycles. The Hall–Kier alpha value is -1.34. The molecule has 19 heavy (non-hydrogen) atoms. The van der Waals surface area contributed by atoms with Crippen molar-refractivity contribution in [2.45, 2.75) is 25.3 Å². The van der Waals surface area contributed by atoms with Crippen molar-refractivity contribution in [2.24, 2.45) is 5.73 Å². The predicted molar refractivity (Wildman–Crippen MR) is 76.5 cm³/mol. The first-order chi connectivity index (χ1) is 9.15. The number of anilines is 2. The fourth-order valence-electron chi connectivity index (χ4n) is 2.63. The molecule has 3 rings (SSSR count). The van der Waals surface area contributed by atoms with Gasteiger partial charge in [-0.1, -0.05) is 11.3 Å². The van der Waals surface area contributed by atoms with Crippen LogP contribution in [0.4, 0.5) is 10.9 Å². The first-order valence-corrected chi connectivity index (χ1v) is 7.53. The van der Waals surface area contributed by atoms with Crippen molar-refractivity contribution in [1.29, 1.82) is 0 Å². The topological polar surface area (TPSA) is 88.5 Å². The molecule has 2 aliphatic rings. The molecule has 3 heterocycles. The van der Waals surface area contributed by atoms with Crippen LogP contribution >= 0.6 is 11.3 Å². The van der Waals surface area contributed by atoms with E-state index in [-0.39, 0.29) is 11.9 Å². The first kappa shape index (κ1) is 12.7. The minimum atomic E-state index is -0.0200. The number of nitrogens with two attached hydrogens (primary N) is 2. The van der Waals surface area contributed by atoms with Gasteiger partial charge in [0.25, 0.3) is 5.91 Å². The van der Waals surface area contributed by atoms with Crippen LogP contribution in [0.15, 0.2) is 0 Å². The van der Waals surface area contributed by atoms with Gasteiger partial charge in [-0.3, -0.25) is 4.79 Å². The van der Waals surface area contributed by atoms with Crippen molar-refractivity contribution < 1.29 is 4.79 Å². The van der Waals surface area contributed by atoms with E-state index in [1.165, 1.54) is 24.2 Å². The molecule has 0 spiro atoms. The highest BCUT2D eigenvalue weighted by Crippen LogP contribution is 2.31. The highest BCUT2D eigenvalue weighted by atomic mass is 32.1. The minimum absolute atomic E-state index is 0.0200. The molecule has 0 aromatic carbocycles. The number of likely N-dealkylation sites (tertiary alicyclic amines) is 1. The predicted octanol–water partition coefficient (Wildman–Crippen LogP) is 0.499. The van der Waals surface area contributed by atoms with Crippen LogP contribution in [-0.2, 0) is 0 Å². The maximum Gasteiger partial charge on any atom is 0.267 e. The van der Waals surface area contributed by atoms with E-state index in [1.54, 1.807) is 4.90 Å². The number of thiazole rings is 1. The molecule has 4 N–H and O–H groups in total. The number of aromatic nitrogens is 1. The lowest BCUT2D eigenvalue weighted by molar-refractivity contribution is 0.0796. The zero-order valence-corrected chi connectivity index (χ0v) is 11.7. The Balaban J connectivity index is 1.78. The van der Waals surface area contributed by atoms with Gasteiger partial charge in [-0.25, -0.2) is 4.98 Å². The molecule has 104 valence electrons. The Morgan fingerprint density at radius 1 is 1.32 bits per heavy atom. The third kappa shape index (κ3) is 2.40. The van der Waals surface area contributed by atoms with Crippen molar-refractivity contribution >= 4 is 28.2 Å². The summed E-state index contributed by atoms with van der Waals surface area (Å²) in [6.45, 7) is 3.36. The number of carbonyl (C=O) groups is 1. The van der Waals surface area contributed by atoms with Crippen molar-refractivity contribution in [3.8, 4) is 0 Å². The lowest BCUT2D eigenvalue weighted by atomic mass is 10.3. The average molecular weight is 281 g/mol. The summed E-state index contributed by atoms with van der Waals surface area (Å²) in [5.74, 6) is 0.339. The van der Waals surface area contributed by atoms with Crippen LogP contribution in [0.5, 0.6) is 0 Å². The number of nitrogen functional groups attached to an aromatic ring is 1. The molecule has 1 aromatic heterocycles. The molecule has 1 atom stereocenters. The summed E-state index contributed by atoms with van der Waals surface area (Å²) in [6, 6.07) is 0.0937. The number of hydrogen-bond donors (Lipinski definition) is 2. The van der Waals surface area contributed by atoms with E-state index in [9.17, 15) is 4.79 Å². The van der Waals surface area contributed by atoms with Gasteiger partial charge in [0.1, 0.15) is 10.7 Å². The van der Waals surface area contributed by atoms with E-state index in [2.05, 4.69) is 9.88 Å². The lowest BCUT2D eigenvalue weighted by Crippen LogP contribution is -2.31. The molecule has 1 aromatic rings. The summed E-state index contributed by atoms with van der Waals surface area (Å²) < 4.78 is 0.